The van der Waals surface area contributed by atoms with E-state index in [4.69, 9.17) is 9.72 Å². The molecule has 5 heteroatoms. The summed E-state index contributed by atoms with van der Waals surface area (Å²) in [5.74, 6) is 0.613. The Kier molecular flexibility index (Phi) is 5.07. The number of amides is 1. The van der Waals surface area contributed by atoms with Gasteiger partial charge in [-0.3, -0.25) is 4.79 Å². The van der Waals surface area contributed by atoms with E-state index in [1.807, 2.05) is 32.0 Å². The van der Waals surface area contributed by atoms with Gasteiger partial charge in [0, 0.05) is 16.8 Å². The summed E-state index contributed by atoms with van der Waals surface area (Å²) in [5.41, 5.74) is 6.61. The van der Waals surface area contributed by atoms with Crippen LogP contribution in [0.3, 0.4) is 0 Å². The fourth-order valence-electron chi connectivity index (χ4n) is 3.30. The van der Waals surface area contributed by atoms with Gasteiger partial charge in [-0.1, -0.05) is 6.07 Å². The molecule has 0 aliphatic carbocycles. The van der Waals surface area contributed by atoms with Crippen LogP contribution in [0.1, 0.15) is 27.0 Å². The number of carbonyl (C=O) groups is 1. The fraction of sp³-hybridized carbons (Fsp3) is 0.167. The van der Waals surface area contributed by atoms with Crippen LogP contribution in [0.4, 0.5) is 5.69 Å². The molecule has 1 N–H and O–H groups in total. The van der Waals surface area contributed by atoms with Gasteiger partial charge in [-0.25, -0.2) is 4.98 Å². The lowest BCUT2D eigenvalue weighted by Gasteiger charge is -2.12. The normalized spacial score (nSPS) is 10.9. The first kappa shape index (κ1) is 19.2. The van der Waals surface area contributed by atoms with Crippen LogP contribution in [0.5, 0.6) is 5.75 Å². The van der Waals surface area contributed by atoms with Crippen LogP contribution < -0.4 is 10.1 Å². The molecule has 4 rings (SSSR count). The highest BCUT2D eigenvalue weighted by Crippen LogP contribution is 2.32. The van der Waals surface area contributed by atoms with E-state index in [1.165, 1.54) is 10.3 Å². The maximum atomic E-state index is 12.7. The van der Waals surface area contributed by atoms with Crippen molar-refractivity contribution in [1.82, 2.24) is 4.98 Å². The lowest BCUT2D eigenvalue weighted by atomic mass is 10.1. The molecule has 0 aliphatic rings. The topological polar surface area (TPSA) is 51.2 Å². The number of aryl methyl sites for hydroxylation is 3. The first-order valence-electron chi connectivity index (χ1n) is 9.39. The minimum Gasteiger partial charge on any atom is -0.497 e. The van der Waals surface area contributed by atoms with Gasteiger partial charge in [0.05, 0.1) is 17.3 Å². The summed E-state index contributed by atoms with van der Waals surface area (Å²) in [5, 5.41) is 4.00. The van der Waals surface area contributed by atoms with E-state index in [1.54, 1.807) is 30.6 Å². The van der Waals surface area contributed by atoms with Gasteiger partial charge in [0.2, 0.25) is 0 Å². The first-order chi connectivity index (χ1) is 13.9. The molecule has 0 aliphatic heterocycles. The minimum absolute atomic E-state index is 0.128. The number of anilines is 1. The van der Waals surface area contributed by atoms with Crippen LogP contribution in [0, 0.1) is 20.8 Å². The molecular weight excluding hydrogens is 380 g/mol. The number of nitrogens with zero attached hydrogens (tertiary/aromatic N) is 1. The molecule has 0 spiro atoms. The predicted molar refractivity (Wildman–Crippen MR) is 120 cm³/mol. The Labute approximate surface area is 174 Å². The number of benzene rings is 3. The van der Waals surface area contributed by atoms with Crippen LogP contribution in [-0.2, 0) is 0 Å². The summed E-state index contributed by atoms with van der Waals surface area (Å²) in [6, 6.07) is 17.8. The van der Waals surface area contributed by atoms with Gasteiger partial charge in [0.1, 0.15) is 10.8 Å². The first-order valence-corrected chi connectivity index (χ1v) is 10.2. The number of rotatable bonds is 4. The quantitative estimate of drug-likeness (QED) is 0.445. The van der Waals surface area contributed by atoms with E-state index in [0.29, 0.717) is 5.56 Å². The van der Waals surface area contributed by atoms with E-state index in [0.717, 1.165) is 38.7 Å². The van der Waals surface area contributed by atoms with Crippen LogP contribution in [0.15, 0.2) is 54.6 Å². The highest BCUT2D eigenvalue weighted by atomic mass is 32.1. The van der Waals surface area contributed by atoms with Crippen molar-refractivity contribution < 1.29 is 9.53 Å². The summed E-state index contributed by atoms with van der Waals surface area (Å²) >= 11 is 1.68. The Balaban J connectivity index is 1.59. The molecule has 146 valence electrons. The van der Waals surface area contributed by atoms with Crippen LogP contribution in [0.2, 0.25) is 0 Å². The van der Waals surface area contributed by atoms with Crippen molar-refractivity contribution in [3.8, 4) is 16.3 Å². The number of nitrogens with one attached hydrogen (secondary N) is 1. The summed E-state index contributed by atoms with van der Waals surface area (Å²) in [6.45, 7) is 5.99. The highest BCUT2D eigenvalue weighted by molar-refractivity contribution is 7.21. The molecule has 1 aromatic heterocycles. The van der Waals surface area contributed by atoms with E-state index >= 15 is 0 Å². The van der Waals surface area contributed by atoms with Gasteiger partial charge < -0.3 is 10.1 Å². The average molecular weight is 403 g/mol. The number of hydrogen-bond donors (Lipinski definition) is 1. The molecule has 4 nitrogen and oxygen atoms in total. The van der Waals surface area contributed by atoms with Crippen molar-refractivity contribution in [2.45, 2.75) is 20.8 Å². The van der Waals surface area contributed by atoms with Gasteiger partial charge in [0.25, 0.3) is 5.91 Å². The molecule has 0 fully saturated rings. The SMILES string of the molecule is COc1ccc(C(=O)Nc2ccc(-c3nc4ccc(C)cc4s3)cc2C)c(C)c1. The van der Waals surface area contributed by atoms with E-state index in [9.17, 15) is 4.79 Å². The second kappa shape index (κ2) is 7.68. The van der Waals surface area contributed by atoms with Crippen molar-refractivity contribution in [2.24, 2.45) is 0 Å². The average Bonchev–Trinajstić information content (AvgIpc) is 3.12. The molecule has 0 atom stereocenters. The number of carbonyl (C=O) groups excluding carboxylic acids is 1. The van der Waals surface area contributed by atoms with Crippen molar-refractivity contribution in [3.05, 3.63) is 76.9 Å². The lowest BCUT2D eigenvalue weighted by Crippen LogP contribution is -2.14. The Morgan fingerprint density at radius 3 is 2.52 bits per heavy atom. The van der Waals surface area contributed by atoms with Gasteiger partial charge in [-0.05, 0) is 86.0 Å². The third-order valence-corrected chi connectivity index (χ3v) is 6.01. The van der Waals surface area contributed by atoms with E-state index in [-0.39, 0.29) is 5.91 Å². The number of hydrogen-bond acceptors (Lipinski definition) is 4. The second-order valence-corrected chi connectivity index (χ2v) is 8.19. The Morgan fingerprint density at radius 2 is 1.79 bits per heavy atom. The Hall–Kier alpha value is -3.18. The van der Waals surface area contributed by atoms with Crippen molar-refractivity contribution in [3.63, 3.8) is 0 Å². The van der Waals surface area contributed by atoms with Crippen LogP contribution >= 0.6 is 11.3 Å². The smallest absolute Gasteiger partial charge is 0.255 e. The zero-order chi connectivity index (χ0) is 20.5. The van der Waals surface area contributed by atoms with Crippen molar-refractivity contribution in [2.75, 3.05) is 12.4 Å². The zero-order valence-electron chi connectivity index (χ0n) is 16.9. The van der Waals surface area contributed by atoms with Crippen molar-refractivity contribution in [1.29, 1.82) is 0 Å². The maximum Gasteiger partial charge on any atom is 0.255 e. The monoisotopic (exact) mass is 402 g/mol. The lowest BCUT2D eigenvalue weighted by molar-refractivity contribution is 0.102. The second-order valence-electron chi connectivity index (χ2n) is 7.15. The minimum atomic E-state index is -0.128. The Bertz CT molecular complexity index is 1230. The summed E-state index contributed by atoms with van der Waals surface area (Å²) in [6.07, 6.45) is 0. The number of methoxy groups -OCH3 is 1. The largest absolute Gasteiger partial charge is 0.497 e. The van der Waals surface area contributed by atoms with Gasteiger partial charge in [0.15, 0.2) is 0 Å². The molecule has 0 saturated carbocycles. The highest BCUT2D eigenvalue weighted by Gasteiger charge is 2.13. The third-order valence-electron chi connectivity index (χ3n) is 4.94. The third kappa shape index (κ3) is 3.87. The van der Waals surface area contributed by atoms with E-state index < -0.39 is 0 Å². The number of fused-ring (bicyclic) bond motifs is 1. The van der Waals surface area contributed by atoms with Gasteiger partial charge in [-0.2, -0.15) is 0 Å². The molecule has 1 heterocycles. The molecular formula is C24H22N2O2S. The standard InChI is InChI=1S/C24H22N2O2S/c1-14-5-9-21-22(11-14)29-24(26-21)17-6-10-20(16(3)12-17)25-23(27)19-8-7-18(28-4)13-15(19)2/h5-13H,1-4H3,(H,25,27). The Morgan fingerprint density at radius 1 is 0.966 bits per heavy atom. The van der Waals surface area contributed by atoms with Crippen LogP contribution in [-0.4, -0.2) is 18.0 Å². The summed E-state index contributed by atoms with van der Waals surface area (Å²) in [7, 11) is 1.62. The molecule has 0 radical (unpaired) electrons. The molecule has 0 unspecified atom stereocenters. The number of aromatic nitrogens is 1. The number of ether oxygens (including phenoxy) is 1. The van der Waals surface area contributed by atoms with Crippen molar-refractivity contribution >= 4 is 33.1 Å². The van der Waals surface area contributed by atoms with E-state index in [2.05, 4.69) is 36.5 Å². The molecule has 4 aromatic rings. The molecule has 0 bridgehead atoms. The molecule has 3 aromatic carbocycles. The zero-order valence-corrected chi connectivity index (χ0v) is 17.7. The summed E-state index contributed by atoms with van der Waals surface area (Å²) < 4.78 is 6.40. The summed E-state index contributed by atoms with van der Waals surface area (Å²) in [4.78, 5) is 17.5. The van der Waals surface area contributed by atoms with Gasteiger partial charge >= 0.3 is 0 Å². The van der Waals surface area contributed by atoms with Gasteiger partial charge in [-0.15, -0.1) is 11.3 Å². The predicted octanol–water partition coefficient (Wildman–Crippen LogP) is 6.15. The molecule has 0 saturated heterocycles. The molecule has 29 heavy (non-hydrogen) atoms. The number of thiazole rings is 1. The maximum absolute atomic E-state index is 12.7. The van der Waals surface area contributed by atoms with Crippen LogP contribution in [0.25, 0.3) is 20.8 Å². The molecule has 1 amide bonds. The fourth-order valence-corrected chi connectivity index (χ4v) is 4.36.